The van der Waals surface area contributed by atoms with Crippen molar-refractivity contribution in [2.24, 2.45) is 5.41 Å². The molecule has 2 N–H and O–H groups in total. The summed E-state index contributed by atoms with van der Waals surface area (Å²) in [5.41, 5.74) is 0.132. The number of carbonyl (C=O) groups is 1. The molecule has 1 heterocycles. The minimum Gasteiger partial charge on any atom is -0.481 e. The smallest absolute Gasteiger partial charge is 0.308 e. The van der Waals surface area contributed by atoms with E-state index in [0.29, 0.717) is 5.69 Å². The average molecular weight is 211 g/mol. The number of hydrogen-bond donors (Lipinski definition) is 2. The largest absolute Gasteiger partial charge is 0.481 e. The topological polar surface area (TPSA) is 70.4 Å². The zero-order chi connectivity index (χ0) is 11.9. The standard InChI is InChI=1S/C6H7NO.C5H10O2/c8-5-6-3-1-2-4-7-6;1-5(2,3)4(6)7/h1-4,8H,5H2;1-3H3,(H,6,7). The van der Waals surface area contributed by atoms with Crippen LogP contribution in [0.5, 0.6) is 0 Å². The van der Waals surface area contributed by atoms with Crippen LogP contribution in [0, 0.1) is 5.41 Å². The lowest BCUT2D eigenvalue weighted by Crippen LogP contribution is -2.18. The van der Waals surface area contributed by atoms with Gasteiger partial charge in [0.1, 0.15) is 0 Å². The van der Waals surface area contributed by atoms with Gasteiger partial charge in [0.25, 0.3) is 0 Å². The molecule has 15 heavy (non-hydrogen) atoms. The lowest BCUT2D eigenvalue weighted by atomic mass is 9.98. The Labute approximate surface area is 89.6 Å². The van der Waals surface area contributed by atoms with Gasteiger partial charge in [-0.3, -0.25) is 9.78 Å². The second-order valence-electron chi connectivity index (χ2n) is 4.03. The summed E-state index contributed by atoms with van der Waals surface area (Å²) in [5, 5.41) is 16.7. The highest BCUT2D eigenvalue weighted by atomic mass is 16.4. The molecule has 4 nitrogen and oxygen atoms in total. The number of aliphatic hydroxyl groups is 1. The SMILES string of the molecule is CC(C)(C)C(=O)O.OCc1ccccn1. The third-order valence-corrected chi connectivity index (χ3v) is 1.53. The lowest BCUT2D eigenvalue weighted by Gasteiger charge is -2.08. The average Bonchev–Trinajstić information content (AvgIpc) is 2.18. The number of carboxylic acid groups (broad SMARTS) is 1. The van der Waals surface area contributed by atoms with Crippen molar-refractivity contribution in [3.63, 3.8) is 0 Å². The quantitative estimate of drug-likeness (QED) is 0.741. The predicted octanol–water partition coefficient (Wildman–Crippen LogP) is 1.69. The number of aromatic nitrogens is 1. The van der Waals surface area contributed by atoms with Gasteiger partial charge in [0.2, 0.25) is 0 Å². The number of carboxylic acids is 1. The molecule has 1 rings (SSSR count). The molecule has 0 fully saturated rings. The molecule has 4 heteroatoms. The van der Waals surface area contributed by atoms with Crippen molar-refractivity contribution in [3.8, 4) is 0 Å². The molecule has 0 aliphatic rings. The van der Waals surface area contributed by atoms with Crippen LogP contribution in [0.4, 0.5) is 0 Å². The number of aliphatic carboxylic acids is 1. The molecule has 0 aromatic carbocycles. The third kappa shape index (κ3) is 6.62. The first-order valence-electron chi connectivity index (χ1n) is 4.62. The number of rotatable bonds is 1. The second kappa shape index (κ2) is 6.14. The van der Waals surface area contributed by atoms with Crippen LogP contribution in [0.2, 0.25) is 0 Å². The molecule has 0 saturated heterocycles. The highest BCUT2D eigenvalue weighted by Gasteiger charge is 2.18. The maximum atomic E-state index is 10.0. The van der Waals surface area contributed by atoms with Crippen molar-refractivity contribution in [1.82, 2.24) is 4.98 Å². The van der Waals surface area contributed by atoms with E-state index < -0.39 is 11.4 Å². The third-order valence-electron chi connectivity index (χ3n) is 1.53. The Kier molecular flexibility index (Phi) is 5.56. The second-order valence-corrected chi connectivity index (χ2v) is 4.03. The molecule has 0 atom stereocenters. The van der Waals surface area contributed by atoms with Crippen LogP contribution in [0.15, 0.2) is 24.4 Å². The van der Waals surface area contributed by atoms with E-state index in [2.05, 4.69) is 4.98 Å². The van der Waals surface area contributed by atoms with Gasteiger partial charge in [-0.2, -0.15) is 0 Å². The molecule has 1 aromatic rings. The van der Waals surface area contributed by atoms with Gasteiger partial charge in [-0.25, -0.2) is 0 Å². The van der Waals surface area contributed by atoms with Crippen LogP contribution in [0.1, 0.15) is 26.5 Å². The molecule has 1 aromatic heterocycles. The zero-order valence-electron chi connectivity index (χ0n) is 9.27. The Morgan fingerprint density at radius 1 is 1.40 bits per heavy atom. The van der Waals surface area contributed by atoms with Crippen LogP contribution in [-0.4, -0.2) is 21.2 Å². The maximum absolute atomic E-state index is 10.0. The summed E-state index contributed by atoms with van der Waals surface area (Å²) in [7, 11) is 0. The minimum atomic E-state index is -0.757. The highest BCUT2D eigenvalue weighted by Crippen LogP contribution is 2.11. The molecule has 0 aliphatic heterocycles. The number of pyridine rings is 1. The molecule has 0 saturated carbocycles. The van der Waals surface area contributed by atoms with Crippen molar-refractivity contribution in [2.75, 3.05) is 0 Å². The van der Waals surface area contributed by atoms with E-state index in [1.165, 1.54) is 0 Å². The van der Waals surface area contributed by atoms with Crippen LogP contribution < -0.4 is 0 Å². The Morgan fingerprint density at radius 3 is 2.13 bits per heavy atom. The number of hydrogen-bond acceptors (Lipinski definition) is 3. The van der Waals surface area contributed by atoms with E-state index in [9.17, 15) is 4.79 Å². The van der Waals surface area contributed by atoms with Gasteiger partial charge >= 0.3 is 5.97 Å². The molecule has 0 bridgehead atoms. The molecule has 84 valence electrons. The molecule has 0 aliphatic carbocycles. The van der Waals surface area contributed by atoms with Crippen molar-refractivity contribution >= 4 is 5.97 Å². The van der Waals surface area contributed by atoms with Gasteiger partial charge in [0.15, 0.2) is 0 Å². The molecular formula is C11H17NO3. The highest BCUT2D eigenvalue weighted by molar-refractivity contribution is 5.72. The van der Waals surface area contributed by atoms with E-state index in [1.54, 1.807) is 33.0 Å². The summed E-state index contributed by atoms with van der Waals surface area (Å²) in [6.07, 6.45) is 1.66. The molecule has 0 spiro atoms. The van der Waals surface area contributed by atoms with Crippen molar-refractivity contribution in [1.29, 1.82) is 0 Å². The Bertz CT molecular complexity index is 290. The summed E-state index contributed by atoms with van der Waals surface area (Å²) in [4.78, 5) is 13.9. The van der Waals surface area contributed by atoms with Gasteiger partial charge < -0.3 is 10.2 Å². The summed E-state index contributed by atoms with van der Waals surface area (Å²) >= 11 is 0. The maximum Gasteiger partial charge on any atom is 0.308 e. The Balaban J connectivity index is 0.000000265. The van der Waals surface area contributed by atoms with Crippen LogP contribution in [-0.2, 0) is 11.4 Å². The molecule has 0 radical (unpaired) electrons. The molecular weight excluding hydrogens is 194 g/mol. The first-order chi connectivity index (χ1) is 6.88. The fourth-order valence-electron chi connectivity index (χ4n) is 0.492. The monoisotopic (exact) mass is 211 g/mol. The number of aliphatic hydroxyl groups excluding tert-OH is 1. The minimum absolute atomic E-state index is 0.0286. The fraction of sp³-hybridized carbons (Fsp3) is 0.455. The first kappa shape index (κ1) is 13.6. The van der Waals surface area contributed by atoms with E-state index >= 15 is 0 Å². The predicted molar refractivity (Wildman–Crippen MR) is 57.3 cm³/mol. The van der Waals surface area contributed by atoms with Crippen LogP contribution >= 0.6 is 0 Å². The van der Waals surface area contributed by atoms with Gasteiger partial charge in [-0.1, -0.05) is 6.07 Å². The van der Waals surface area contributed by atoms with Gasteiger partial charge in [0, 0.05) is 6.20 Å². The fourth-order valence-corrected chi connectivity index (χ4v) is 0.492. The number of nitrogens with zero attached hydrogens (tertiary/aromatic N) is 1. The van der Waals surface area contributed by atoms with Crippen LogP contribution in [0.25, 0.3) is 0 Å². The van der Waals surface area contributed by atoms with Gasteiger partial charge in [0.05, 0.1) is 17.7 Å². The summed E-state index contributed by atoms with van der Waals surface area (Å²) in [6.45, 7) is 5.01. The van der Waals surface area contributed by atoms with E-state index in [0.717, 1.165) is 0 Å². The van der Waals surface area contributed by atoms with Crippen molar-refractivity contribution in [2.45, 2.75) is 27.4 Å². The Morgan fingerprint density at radius 2 is 1.93 bits per heavy atom. The van der Waals surface area contributed by atoms with Gasteiger partial charge in [-0.05, 0) is 32.9 Å². The van der Waals surface area contributed by atoms with E-state index in [-0.39, 0.29) is 6.61 Å². The summed E-state index contributed by atoms with van der Waals surface area (Å²) in [6, 6.07) is 5.44. The van der Waals surface area contributed by atoms with Gasteiger partial charge in [-0.15, -0.1) is 0 Å². The summed E-state index contributed by atoms with van der Waals surface area (Å²) in [5.74, 6) is -0.757. The lowest BCUT2D eigenvalue weighted by molar-refractivity contribution is -0.145. The normalized spacial score (nSPS) is 10.1. The molecule has 0 unspecified atom stereocenters. The molecule has 0 amide bonds. The van der Waals surface area contributed by atoms with Crippen LogP contribution in [0.3, 0.4) is 0 Å². The first-order valence-corrected chi connectivity index (χ1v) is 4.62. The van der Waals surface area contributed by atoms with E-state index in [4.69, 9.17) is 10.2 Å². The van der Waals surface area contributed by atoms with Crippen molar-refractivity contribution < 1.29 is 15.0 Å². The summed E-state index contributed by atoms with van der Waals surface area (Å²) < 4.78 is 0. The van der Waals surface area contributed by atoms with E-state index in [1.807, 2.05) is 12.1 Å². The Hall–Kier alpha value is -1.42. The zero-order valence-corrected chi connectivity index (χ0v) is 9.27. The van der Waals surface area contributed by atoms with Crippen molar-refractivity contribution in [3.05, 3.63) is 30.1 Å².